The first-order valence-corrected chi connectivity index (χ1v) is 10.3. The molecule has 0 aliphatic carbocycles. The number of aromatic nitrogens is 5. The van der Waals surface area contributed by atoms with Gasteiger partial charge in [-0.2, -0.15) is 0 Å². The average Bonchev–Trinajstić information content (AvgIpc) is 3.47. The van der Waals surface area contributed by atoms with Crippen molar-refractivity contribution in [3.8, 4) is 28.5 Å². The molecule has 1 saturated heterocycles. The van der Waals surface area contributed by atoms with Gasteiger partial charge in [-0.15, -0.1) is 5.10 Å². The molecule has 154 valence electrons. The van der Waals surface area contributed by atoms with Crippen LogP contribution in [0, 0.1) is 6.92 Å². The summed E-state index contributed by atoms with van der Waals surface area (Å²) in [6.07, 6.45) is 7.49. The molecule has 3 aromatic heterocycles. The third-order valence-electron chi connectivity index (χ3n) is 5.69. The minimum atomic E-state index is -0.0456. The van der Waals surface area contributed by atoms with Gasteiger partial charge in [0, 0.05) is 43.4 Å². The summed E-state index contributed by atoms with van der Waals surface area (Å²) in [7, 11) is 3.59. The number of fused-ring (bicyclic) bond motifs is 1. The van der Waals surface area contributed by atoms with Crippen molar-refractivity contribution in [3.63, 3.8) is 0 Å². The van der Waals surface area contributed by atoms with Gasteiger partial charge in [-0.3, -0.25) is 0 Å². The van der Waals surface area contributed by atoms with Crippen LogP contribution in [0.25, 0.3) is 28.3 Å². The quantitative estimate of drug-likeness (QED) is 0.479. The fourth-order valence-corrected chi connectivity index (χ4v) is 4.48. The molecule has 0 spiro atoms. The average molecular weight is 424 g/mol. The Balaban J connectivity index is 1.79. The number of methoxy groups -OCH3 is 1. The maximum Gasteiger partial charge on any atom is 0.217 e. The maximum absolute atomic E-state index is 6.72. The van der Waals surface area contributed by atoms with Crippen molar-refractivity contribution >= 4 is 17.1 Å². The highest BCUT2D eigenvalue weighted by Gasteiger charge is 2.29. The van der Waals surface area contributed by atoms with Crippen molar-refractivity contribution in [2.24, 2.45) is 7.05 Å². The zero-order chi connectivity index (χ0) is 20.8. The zero-order valence-electron chi connectivity index (χ0n) is 17.1. The number of hydrogen-bond acceptors (Lipinski definition) is 5. The van der Waals surface area contributed by atoms with Crippen LogP contribution in [0.1, 0.15) is 30.1 Å². The van der Waals surface area contributed by atoms with Gasteiger partial charge >= 0.3 is 0 Å². The van der Waals surface area contributed by atoms with Crippen LogP contribution in [-0.4, -0.2) is 37.9 Å². The Bertz CT molecular complexity index is 1240. The van der Waals surface area contributed by atoms with Crippen molar-refractivity contribution in [1.82, 2.24) is 24.1 Å². The Morgan fingerprint density at radius 2 is 2.13 bits per heavy atom. The van der Waals surface area contributed by atoms with Gasteiger partial charge in [-0.1, -0.05) is 23.7 Å². The van der Waals surface area contributed by atoms with Gasteiger partial charge in [-0.05, 0) is 37.0 Å². The molecule has 1 fully saturated rings. The minimum absolute atomic E-state index is 0.0456. The lowest BCUT2D eigenvalue weighted by molar-refractivity contribution is 0.113. The molecule has 1 atom stereocenters. The topological polar surface area (TPSA) is 66.5 Å². The molecule has 4 aromatic rings. The molecule has 30 heavy (non-hydrogen) atoms. The van der Waals surface area contributed by atoms with Crippen LogP contribution in [0.3, 0.4) is 0 Å². The number of aryl methyl sites for hydroxylation is 1. The molecule has 0 amide bonds. The molecule has 7 nitrogen and oxygen atoms in total. The van der Waals surface area contributed by atoms with E-state index in [1.165, 1.54) is 0 Å². The third kappa shape index (κ3) is 2.97. The van der Waals surface area contributed by atoms with E-state index < -0.39 is 0 Å². The SMILES string of the molecule is COc1cccc(-c2cn3nc(-c4nccn4C)nc(Cl)c3c2C2CCCO2)c1C. The van der Waals surface area contributed by atoms with Crippen LogP contribution >= 0.6 is 11.6 Å². The van der Waals surface area contributed by atoms with E-state index in [1.807, 2.05) is 40.7 Å². The number of imidazole rings is 1. The van der Waals surface area contributed by atoms with Crippen molar-refractivity contribution in [2.75, 3.05) is 13.7 Å². The summed E-state index contributed by atoms with van der Waals surface area (Å²) < 4.78 is 15.3. The van der Waals surface area contributed by atoms with Crippen LogP contribution in [0.5, 0.6) is 5.75 Å². The second-order valence-electron chi connectivity index (χ2n) is 7.47. The molecule has 5 rings (SSSR count). The Hall–Kier alpha value is -2.90. The molecular weight excluding hydrogens is 402 g/mol. The van der Waals surface area contributed by atoms with Gasteiger partial charge in [0.05, 0.1) is 13.2 Å². The van der Waals surface area contributed by atoms with Crippen molar-refractivity contribution < 1.29 is 9.47 Å². The largest absolute Gasteiger partial charge is 0.496 e. The highest BCUT2D eigenvalue weighted by Crippen LogP contribution is 2.43. The van der Waals surface area contributed by atoms with Gasteiger partial charge in [-0.25, -0.2) is 14.5 Å². The summed E-state index contributed by atoms with van der Waals surface area (Å²) >= 11 is 6.72. The van der Waals surface area contributed by atoms with Crippen LogP contribution in [0.15, 0.2) is 36.8 Å². The smallest absolute Gasteiger partial charge is 0.217 e. The summed E-state index contributed by atoms with van der Waals surface area (Å²) in [6.45, 7) is 2.80. The fourth-order valence-electron chi connectivity index (χ4n) is 4.21. The molecule has 0 N–H and O–H groups in total. The van der Waals surface area contributed by atoms with Crippen molar-refractivity contribution in [2.45, 2.75) is 25.9 Å². The van der Waals surface area contributed by atoms with E-state index in [-0.39, 0.29) is 6.10 Å². The van der Waals surface area contributed by atoms with E-state index >= 15 is 0 Å². The van der Waals surface area contributed by atoms with Crippen molar-refractivity contribution in [1.29, 1.82) is 0 Å². The van der Waals surface area contributed by atoms with E-state index in [0.29, 0.717) is 16.8 Å². The first-order chi connectivity index (χ1) is 14.6. The van der Waals surface area contributed by atoms with Crippen LogP contribution in [0.2, 0.25) is 5.15 Å². The molecule has 1 aliphatic rings. The monoisotopic (exact) mass is 423 g/mol. The summed E-state index contributed by atoms with van der Waals surface area (Å²) in [5.41, 5.74) is 4.97. The molecule has 0 radical (unpaired) electrons. The highest BCUT2D eigenvalue weighted by molar-refractivity contribution is 6.33. The second-order valence-corrected chi connectivity index (χ2v) is 7.83. The molecule has 0 bridgehead atoms. The first kappa shape index (κ1) is 19.1. The fraction of sp³-hybridized carbons (Fsp3) is 0.318. The Morgan fingerprint density at radius 3 is 2.83 bits per heavy atom. The maximum atomic E-state index is 6.72. The molecule has 4 heterocycles. The van der Waals surface area contributed by atoms with Gasteiger partial charge in [0.2, 0.25) is 5.82 Å². The molecule has 1 aliphatic heterocycles. The Morgan fingerprint density at radius 1 is 1.27 bits per heavy atom. The predicted octanol–water partition coefficient (Wildman–Crippen LogP) is 4.62. The van der Waals surface area contributed by atoms with Gasteiger partial charge in [0.15, 0.2) is 11.0 Å². The van der Waals surface area contributed by atoms with Gasteiger partial charge in [0.1, 0.15) is 11.3 Å². The Kier molecular flexibility index (Phi) is 4.72. The van der Waals surface area contributed by atoms with Crippen LogP contribution in [-0.2, 0) is 11.8 Å². The molecule has 1 unspecified atom stereocenters. The number of hydrogen-bond donors (Lipinski definition) is 0. The highest BCUT2D eigenvalue weighted by atomic mass is 35.5. The molecule has 8 heteroatoms. The number of halogens is 1. The summed E-state index contributed by atoms with van der Waals surface area (Å²) in [4.78, 5) is 8.93. The number of rotatable bonds is 4. The van der Waals surface area contributed by atoms with Gasteiger partial charge in [0.25, 0.3) is 0 Å². The van der Waals surface area contributed by atoms with Crippen LogP contribution in [0.4, 0.5) is 0 Å². The minimum Gasteiger partial charge on any atom is -0.496 e. The third-order valence-corrected chi connectivity index (χ3v) is 5.96. The standard InChI is InChI=1S/C22H22ClN5O2/c1-13-14(6-4-7-16(13)29-3)15-12-28-19(18(15)17-8-5-11-30-17)20(23)25-21(26-28)22-24-9-10-27(22)2/h4,6-7,9-10,12,17H,5,8,11H2,1-3H3. The van der Waals surface area contributed by atoms with Gasteiger partial charge < -0.3 is 14.0 Å². The zero-order valence-corrected chi connectivity index (χ0v) is 17.8. The second kappa shape index (κ2) is 7.41. The molecule has 0 saturated carbocycles. The number of ether oxygens (including phenoxy) is 2. The van der Waals surface area contributed by atoms with E-state index in [2.05, 4.69) is 23.0 Å². The lowest BCUT2D eigenvalue weighted by atomic mass is 9.95. The molecular formula is C22H22ClN5O2. The van der Waals surface area contributed by atoms with Crippen LogP contribution < -0.4 is 4.74 Å². The lowest BCUT2D eigenvalue weighted by Gasteiger charge is -2.15. The Labute approximate surface area is 179 Å². The predicted molar refractivity (Wildman–Crippen MR) is 115 cm³/mol. The summed E-state index contributed by atoms with van der Waals surface area (Å²) in [6, 6.07) is 6.05. The van der Waals surface area contributed by atoms with E-state index in [9.17, 15) is 0 Å². The lowest BCUT2D eigenvalue weighted by Crippen LogP contribution is -2.04. The first-order valence-electron chi connectivity index (χ1n) is 9.90. The van der Waals surface area contributed by atoms with Crippen molar-refractivity contribution in [3.05, 3.63) is 53.1 Å². The number of benzene rings is 1. The summed E-state index contributed by atoms with van der Waals surface area (Å²) in [5, 5.41) is 5.13. The normalized spacial score (nSPS) is 16.5. The molecule has 1 aromatic carbocycles. The van der Waals surface area contributed by atoms with E-state index in [4.69, 9.17) is 26.2 Å². The van der Waals surface area contributed by atoms with E-state index in [0.717, 1.165) is 53.0 Å². The van der Waals surface area contributed by atoms with E-state index in [1.54, 1.807) is 13.3 Å². The number of nitrogens with zero attached hydrogens (tertiary/aromatic N) is 5. The summed E-state index contributed by atoms with van der Waals surface area (Å²) in [5.74, 6) is 1.97.